The first-order chi connectivity index (χ1) is 11.6. The molecule has 0 saturated heterocycles. The Morgan fingerprint density at radius 3 is 2.67 bits per heavy atom. The highest BCUT2D eigenvalue weighted by molar-refractivity contribution is 5.88. The Balaban J connectivity index is 1.79. The zero-order valence-corrected chi connectivity index (χ0v) is 14.2. The van der Waals surface area contributed by atoms with E-state index < -0.39 is 5.97 Å². The highest BCUT2D eigenvalue weighted by atomic mass is 16.5. The minimum atomic E-state index is -0.923. The molecule has 0 spiro atoms. The number of hydrogen-bond acceptors (Lipinski definition) is 3. The highest BCUT2D eigenvalue weighted by Crippen LogP contribution is 2.43. The van der Waals surface area contributed by atoms with Gasteiger partial charge in [0.15, 0.2) is 0 Å². The summed E-state index contributed by atoms with van der Waals surface area (Å²) in [6.45, 7) is 1.84. The van der Waals surface area contributed by atoms with Gasteiger partial charge in [0.05, 0.1) is 11.0 Å². The van der Waals surface area contributed by atoms with Crippen molar-refractivity contribution in [3.63, 3.8) is 0 Å². The van der Waals surface area contributed by atoms with E-state index in [-0.39, 0.29) is 16.9 Å². The number of methoxy groups -OCH3 is 1. The van der Waals surface area contributed by atoms with E-state index in [2.05, 4.69) is 0 Å². The summed E-state index contributed by atoms with van der Waals surface area (Å²) in [4.78, 5) is 26.3. The minimum Gasteiger partial charge on any atom is -0.478 e. The molecule has 2 aliphatic rings. The minimum absolute atomic E-state index is 0.225. The SMILES string of the molecule is COCCC1(C(=O)N2CCc3ccc(C(=O)O)cc3C2)CCCC1. The van der Waals surface area contributed by atoms with Gasteiger partial charge in [-0.3, -0.25) is 4.79 Å². The Bertz CT molecular complexity index is 634. The number of rotatable bonds is 5. The second kappa shape index (κ2) is 6.93. The van der Waals surface area contributed by atoms with Crippen LogP contribution in [-0.4, -0.2) is 42.1 Å². The summed E-state index contributed by atoms with van der Waals surface area (Å²) >= 11 is 0. The summed E-state index contributed by atoms with van der Waals surface area (Å²) in [5.74, 6) is -0.697. The number of benzene rings is 1. The van der Waals surface area contributed by atoms with Gasteiger partial charge in [0.25, 0.3) is 0 Å². The van der Waals surface area contributed by atoms with Crippen LogP contribution >= 0.6 is 0 Å². The van der Waals surface area contributed by atoms with Gasteiger partial charge in [-0.25, -0.2) is 4.79 Å². The Labute approximate surface area is 142 Å². The molecule has 3 rings (SSSR count). The quantitative estimate of drug-likeness (QED) is 0.901. The number of ether oxygens (including phenoxy) is 1. The molecule has 0 unspecified atom stereocenters. The third-order valence-corrected chi connectivity index (χ3v) is 5.55. The Morgan fingerprint density at radius 2 is 2.00 bits per heavy atom. The number of aromatic carboxylic acids is 1. The van der Waals surface area contributed by atoms with Crippen molar-refractivity contribution in [3.8, 4) is 0 Å². The Hall–Kier alpha value is -1.88. The summed E-state index contributed by atoms with van der Waals surface area (Å²) < 4.78 is 5.23. The van der Waals surface area contributed by atoms with Crippen LogP contribution in [0, 0.1) is 5.41 Å². The topological polar surface area (TPSA) is 66.8 Å². The first-order valence-corrected chi connectivity index (χ1v) is 8.69. The number of carboxylic acids is 1. The second-order valence-electron chi connectivity index (χ2n) is 7.00. The molecule has 1 aliphatic heterocycles. The van der Waals surface area contributed by atoms with Crippen LogP contribution in [0.2, 0.25) is 0 Å². The van der Waals surface area contributed by atoms with Crippen molar-refractivity contribution in [2.24, 2.45) is 5.41 Å². The van der Waals surface area contributed by atoms with E-state index in [0.717, 1.165) is 49.7 Å². The second-order valence-corrected chi connectivity index (χ2v) is 7.00. The van der Waals surface area contributed by atoms with Crippen molar-refractivity contribution in [2.75, 3.05) is 20.3 Å². The van der Waals surface area contributed by atoms with Gasteiger partial charge < -0.3 is 14.7 Å². The number of nitrogens with zero attached hydrogens (tertiary/aromatic N) is 1. The predicted molar refractivity (Wildman–Crippen MR) is 89.9 cm³/mol. The van der Waals surface area contributed by atoms with Gasteiger partial charge in [-0.1, -0.05) is 18.9 Å². The molecule has 1 heterocycles. The van der Waals surface area contributed by atoms with Crippen molar-refractivity contribution in [1.29, 1.82) is 0 Å². The lowest BCUT2D eigenvalue weighted by Gasteiger charge is -2.37. The lowest BCUT2D eigenvalue weighted by Crippen LogP contribution is -2.45. The molecule has 1 aromatic carbocycles. The van der Waals surface area contributed by atoms with Crippen LogP contribution in [0.5, 0.6) is 0 Å². The fraction of sp³-hybridized carbons (Fsp3) is 0.579. The van der Waals surface area contributed by atoms with Gasteiger partial charge in [0, 0.05) is 26.8 Å². The van der Waals surface area contributed by atoms with E-state index in [1.807, 2.05) is 11.0 Å². The molecule has 130 valence electrons. The third kappa shape index (κ3) is 3.18. The zero-order chi connectivity index (χ0) is 17.2. The van der Waals surface area contributed by atoms with Gasteiger partial charge in [-0.2, -0.15) is 0 Å². The molecule has 24 heavy (non-hydrogen) atoms. The molecule has 1 aliphatic carbocycles. The molecule has 0 radical (unpaired) electrons. The average molecular weight is 331 g/mol. The predicted octanol–water partition coefficient (Wildman–Crippen LogP) is 2.87. The monoisotopic (exact) mass is 331 g/mol. The molecule has 5 heteroatoms. The molecule has 0 aromatic heterocycles. The van der Waals surface area contributed by atoms with E-state index in [1.165, 1.54) is 0 Å². The smallest absolute Gasteiger partial charge is 0.335 e. The molecule has 0 bridgehead atoms. The van der Waals surface area contributed by atoms with Crippen molar-refractivity contribution in [3.05, 3.63) is 34.9 Å². The standard InChI is InChI=1S/C19H25NO4/c1-24-11-9-19(7-2-3-8-19)18(23)20-10-6-14-4-5-15(17(21)22)12-16(14)13-20/h4-5,12H,2-3,6-11,13H2,1H3,(H,21,22). The van der Waals surface area contributed by atoms with Crippen molar-refractivity contribution in [1.82, 2.24) is 4.90 Å². The molecule has 1 saturated carbocycles. The van der Waals surface area contributed by atoms with Gasteiger partial charge in [0.2, 0.25) is 5.91 Å². The van der Waals surface area contributed by atoms with Gasteiger partial charge in [-0.05, 0) is 48.9 Å². The lowest BCUT2D eigenvalue weighted by molar-refractivity contribution is -0.144. The first-order valence-electron chi connectivity index (χ1n) is 8.69. The summed E-state index contributed by atoms with van der Waals surface area (Å²) in [5, 5.41) is 9.18. The van der Waals surface area contributed by atoms with Crippen molar-refractivity contribution < 1.29 is 19.4 Å². The van der Waals surface area contributed by atoms with E-state index in [0.29, 0.717) is 19.7 Å². The van der Waals surface area contributed by atoms with E-state index in [4.69, 9.17) is 4.74 Å². The number of carbonyl (C=O) groups excluding carboxylic acids is 1. The molecule has 1 N–H and O–H groups in total. The third-order valence-electron chi connectivity index (χ3n) is 5.55. The Kier molecular flexibility index (Phi) is 4.90. The van der Waals surface area contributed by atoms with Gasteiger partial charge >= 0.3 is 5.97 Å². The van der Waals surface area contributed by atoms with Crippen LogP contribution in [0.1, 0.15) is 53.6 Å². The molecule has 1 fully saturated rings. The van der Waals surface area contributed by atoms with Crippen LogP contribution in [0.25, 0.3) is 0 Å². The van der Waals surface area contributed by atoms with Crippen LogP contribution < -0.4 is 0 Å². The van der Waals surface area contributed by atoms with Crippen molar-refractivity contribution >= 4 is 11.9 Å². The first kappa shape index (κ1) is 17.0. The van der Waals surface area contributed by atoms with Gasteiger partial charge in [-0.15, -0.1) is 0 Å². The van der Waals surface area contributed by atoms with Crippen LogP contribution in [0.15, 0.2) is 18.2 Å². The number of carbonyl (C=O) groups is 2. The molecule has 1 amide bonds. The lowest BCUT2D eigenvalue weighted by atomic mass is 9.80. The molecule has 0 atom stereocenters. The maximum atomic E-state index is 13.2. The number of hydrogen-bond donors (Lipinski definition) is 1. The maximum absolute atomic E-state index is 13.2. The average Bonchev–Trinajstić information content (AvgIpc) is 3.08. The number of amides is 1. The number of carboxylic acid groups (broad SMARTS) is 1. The zero-order valence-electron chi connectivity index (χ0n) is 14.2. The molecule has 5 nitrogen and oxygen atoms in total. The van der Waals surface area contributed by atoms with E-state index in [1.54, 1.807) is 19.2 Å². The molecular weight excluding hydrogens is 306 g/mol. The largest absolute Gasteiger partial charge is 0.478 e. The Morgan fingerprint density at radius 1 is 1.25 bits per heavy atom. The summed E-state index contributed by atoms with van der Waals surface area (Å²) in [6.07, 6.45) is 5.65. The van der Waals surface area contributed by atoms with Crippen LogP contribution in [-0.2, 0) is 22.5 Å². The highest BCUT2D eigenvalue weighted by Gasteiger charge is 2.43. The summed E-state index contributed by atoms with van der Waals surface area (Å²) in [6, 6.07) is 5.25. The summed E-state index contributed by atoms with van der Waals surface area (Å²) in [5.41, 5.74) is 2.13. The van der Waals surface area contributed by atoms with Gasteiger partial charge in [0.1, 0.15) is 0 Å². The van der Waals surface area contributed by atoms with Crippen LogP contribution in [0.4, 0.5) is 0 Å². The fourth-order valence-electron chi connectivity index (χ4n) is 4.12. The van der Waals surface area contributed by atoms with Crippen LogP contribution in [0.3, 0.4) is 0 Å². The fourth-order valence-corrected chi connectivity index (χ4v) is 4.12. The van der Waals surface area contributed by atoms with E-state index >= 15 is 0 Å². The van der Waals surface area contributed by atoms with Crippen molar-refractivity contribution in [2.45, 2.75) is 45.1 Å². The molecule has 1 aromatic rings. The number of fused-ring (bicyclic) bond motifs is 1. The summed E-state index contributed by atoms with van der Waals surface area (Å²) in [7, 11) is 1.68. The van der Waals surface area contributed by atoms with E-state index in [9.17, 15) is 14.7 Å². The maximum Gasteiger partial charge on any atom is 0.335 e. The normalized spacial score (nSPS) is 19.1. The molecular formula is C19H25NO4.